The van der Waals surface area contributed by atoms with Crippen molar-refractivity contribution in [2.45, 2.75) is 37.0 Å². The molecule has 238 valence electrons. The number of phenols is 1. The maximum atomic E-state index is 12.8. The maximum absolute atomic E-state index is 12.8. The molecule has 3 atom stereocenters. The minimum Gasteiger partial charge on any atom is -0.507 e. The number of carbonyl (C=O) groups excluding carboxylic acids is 5. The number of amides is 5. The quantitative estimate of drug-likeness (QED) is 0.0589. The predicted molar refractivity (Wildman–Crippen MR) is 165 cm³/mol. The van der Waals surface area contributed by atoms with Crippen LogP contribution in [0.5, 0.6) is 5.75 Å². The molecule has 16 heteroatoms. The summed E-state index contributed by atoms with van der Waals surface area (Å²) >= 11 is 1.84. The fourth-order valence-corrected chi connectivity index (χ4v) is 6.59. The van der Waals surface area contributed by atoms with E-state index in [0.29, 0.717) is 30.6 Å². The topological polar surface area (TPSA) is 224 Å². The first-order valence-electron chi connectivity index (χ1n) is 14.4. The Balaban J connectivity index is 1.12. The molecular weight excluding hydrogens is 604 g/mol. The van der Waals surface area contributed by atoms with E-state index in [1.807, 2.05) is 11.8 Å². The van der Waals surface area contributed by atoms with Crippen LogP contribution in [-0.2, 0) is 14.3 Å². The number of thioether (sulfide) groups is 1. The van der Waals surface area contributed by atoms with E-state index in [4.69, 9.17) is 10.3 Å². The molecule has 0 saturated carbocycles. The molecule has 2 heterocycles. The highest BCUT2D eigenvalue weighted by atomic mass is 32.2. The molecule has 2 saturated heterocycles. The molecule has 0 bridgehead atoms. The number of hydrogen-bond donors (Lipinski definition) is 6. The number of hydrazine groups is 1. The van der Waals surface area contributed by atoms with Gasteiger partial charge < -0.3 is 25.8 Å². The standard InChI is InChI=1S/C29H34N8O7S/c30-37-34-18-6-7-21(22(38)15-18)28(42)32-11-3-10-31-27(41)19-4-1-2-5-20(19)29(43)36-35-24(39)9-13-44-12-8-23-26-17(16-45-23)14-25(40)33-26/h1-2,4-7,15,17,23,26,38H,3,8-14,16H2,(H,31,41)(H,32,42)(H,33,40)(H,35,39)(H,36,43). The van der Waals surface area contributed by atoms with Crippen molar-refractivity contribution >= 4 is 47.0 Å². The number of nitrogens with zero attached hydrogens (tertiary/aromatic N) is 3. The third-order valence-corrected chi connectivity index (χ3v) is 8.85. The lowest BCUT2D eigenvalue weighted by molar-refractivity contribution is -0.123. The van der Waals surface area contributed by atoms with E-state index in [-0.39, 0.29) is 66.2 Å². The molecule has 0 aliphatic carbocycles. The van der Waals surface area contributed by atoms with Crippen LogP contribution in [0.15, 0.2) is 47.6 Å². The number of azide groups is 1. The molecule has 2 aromatic carbocycles. The third kappa shape index (κ3) is 9.35. The van der Waals surface area contributed by atoms with Gasteiger partial charge in [0, 0.05) is 48.0 Å². The highest BCUT2D eigenvalue weighted by Crippen LogP contribution is 2.38. The van der Waals surface area contributed by atoms with Crippen molar-refractivity contribution in [2.24, 2.45) is 11.0 Å². The van der Waals surface area contributed by atoms with Gasteiger partial charge in [-0.25, -0.2) is 0 Å². The summed E-state index contributed by atoms with van der Waals surface area (Å²) in [7, 11) is 0. The number of benzene rings is 2. The molecular formula is C29H34N8O7S. The van der Waals surface area contributed by atoms with E-state index in [1.165, 1.54) is 30.3 Å². The lowest BCUT2D eigenvalue weighted by atomic mass is 9.99. The highest BCUT2D eigenvalue weighted by Gasteiger charge is 2.42. The van der Waals surface area contributed by atoms with Crippen LogP contribution in [0.2, 0.25) is 0 Å². The van der Waals surface area contributed by atoms with Gasteiger partial charge in [-0.05, 0) is 54.3 Å². The second kappa shape index (κ2) is 16.3. The van der Waals surface area contributed by atoms with Gasteiger partial charge in [0.2, 0.25) is 11.8 Å². The number of nitrogens with one attached hydrogen (secondary N) is 5. The number of carbonyl (C=O) groups is 5. The van der Waals surface area contributed by atoms with E-state index in [0.717, 1.165) is 12.2 Å². The van der Waals surface area contributed by atoms with Gasteiger partial charge in [0.15, 0.2) is 0 Å². The third-order valence-electron chi connectivity index (χ3n) is 7.27. The van der Waals surface area contributed by atoms with Gasteiger partial charge in [-0.15, -0.1) is 0 Å². The minimum atomic E-state index is -0.667. The van der Waals surface area contributed by atoms with Gasteiger partial charge in [0.05, 0.1) is 29.7 Å². The number of phenolic OH excluding ortho intramolecular Hbond substituents is 1. The van der Waals surface area contributed by atoms with Crippen LogP contribution in [0.25, 0.3) is 10.4 Å². The van der Waals surface area contributed by atoms with E-state index in [9.17, 15) is 29.1 Å². The number of hydrogen-bond acceptors (Lipinski definition) is 9. The van der Waals surface area contributed by atoms with Crippen molar-refractivity contribution in [1.29, 1.82) is 0 Å². The number of ether oxygens (including phenoxy) is 1. The Bertz CT molecular complexity index is 1480. The molecule has 5 amide bonds. The number of fused-ring (bicyclic) bond motifs is 1. The van der Waals surface area contributed by atoms with Gasteiger partial charge in [-0.1, -0.05) is 23.3 Å². The summed E-state index contributed by atoms with van der Waals surface area (Å²) in [6.45, 7) is 1.00. The molecule has 2 aliphatic rings. The normalized spacial score (nSPS) is 18.2. The molecule has 3 unspecified atom stereocenters. The fraction of sp³-hybridized carbons (Fsp3) is 0.414. The van der Waals surface area contributed by atoms with Crippen molar-refractivity contribution in [3.8, 4) is 5.75 Å². The second-order valence-corrected chi connectivity index (χ2v) is 11.7. The Hall–Kier alpha value is -4.79. The number of rotatable bonds is 14. The van der Waals surface area contributed by atoms with Crippen LogP contribution < -0.4 is 26.8 Å². The second-order valence-electron chi connectivity index (χ2n) is 10.4. The Morgan fingerprint density at radius 1 is 1.00 bits per heavy atom. The summed E-state index contributed by atoms with van der Waals surface area (Å²) in [5, 5.41) is 22.0. The summed E-state index contributed by atoms with van der Waals surface area (Å²) in [6, 6.07) is 10.2. The summed E-state index contributed by atoms with van der Waals surface area (Å²) in [6.07, 6.45) is 1.75. The summed E-state index contributed by atoms with van der Waals surface area (Å²) in [5.74, 6) is -1.05. The summed E-state index contributed by atoms with van der Waals surface area (Å²) in [5.41, 5.74) is 13.5. The van der Waals surface area contributed by atoms with E-state index >= 15 is 0 Å². The molecule has 2 fully saturated rings. The van der Waals surface area contributed by atoms with Gasteiger partial charge in [0.1, 0.15) is 5.75 Å². The summed E-state index contributed by atoms with van der Waals surface area (Å²) < 4.78 is 5.59. The first-order chi connectivity index (χ1) is 21.8. The largest absolute Gasteiger partial charge is 0.507 e. The lowest BCUT2D eigenvalue weighted by Gasteiger charge is -2.17. The zero-order valence-corrected chi connectivity index (χ0v) is 25.1. The van der Waals surface area contributed by atoms with Crippen LogP contribution in [0.4, 0.5) is 5.69 Å². The molecule has 6 N–H and O–H groups in total. The Labute approximate surface area is 262 Å². The number of aromatic hydroxyl groups is 1. The van der Waals surface area contributed by atoms with Crippen LogP contribution in [0.3, 0.4) is 0 Å². The van der Waals surface area contributed by atoms with Gasteiger partial charge in [0.25, 0.3) is 17.7 Å². The first-order valence-corrected chi connectivity index (χ1v) is 15.4. The molecule has 2 aliphatic heterocycles. The Kier molecular flexibility index (Phi) is 12.0. The predicted octanol–water partition coefficient (Wildman–Crippen LogP) is 2.06. The van der Waals surface area contributed by atoms with Gasteiger partial charge in [-0.2, -0.15) is 11.8 Å². The molecule has 0 radical (unpaired) electrons. The summed E-state index contributed by atoms with van der Waals surface area (Å²) in [4.78, 5) is 64.2. The van der Waals surface area contributed by atoms with Crippen LogP contribution in [-0.4, -0.2) is 78.0 Å². The molecule has 0 spiro atoms. The molecule has 0 aromatic heterocycles. The highest BCUT2D eigenvalue weighted by molar-refractivity contribution is 8.00. The zero-order valence-electron chi connectivity index (χ0n) is 24.3. The first kappa shape index (κ1) is 33.1. The van der Waals surface area contributed by atoms with Crippen molar-refractivity contribution in [3.05, 3.63) is 69.6 Å². The van der Waals surface area contributed by atoms with Crippen molar-refractivity contribution in [1.82, 2.24) is 26.8 Å². The maximum Gasteiger partial charge on any atom is 0.270 e. The molecule has 15 nitrogen and oxygen atoms in total. The van der Waals surface area contributed by atoms with E-state index in [2.05, 4.69) is 36.8 Å². The lowest BCUT2D eigenvalue weighted by Crippen LogP contribution is -2.42. The van der Waals surface area contributed by atoms with E-state index in [1.54, 1.807) is 12.1 Å². The van der Waals surface area contributed by atoms with Crippen LogP contribution >= 0.6 is 11.8 Å². The monoisotopic (exact) mass is 638 g/mol. The van der Waals surface area contributed by atoms with Crippen molar-refractivity contribution in [3.63, 3.8) is 0 Å². The molecule has 45 heavy (non-hydrogen) atoms. The Morgan fingerprint density at radius 2 is 1.71 bits per heavy atom. The smallest absolute Gasteiger partial charge is 0.270 e. The van der Waals surface area contributed by atoms with E-state index < -0.39 is 23.6 Å². The van der Waals surface area contributed by atoms with Gasteiger partial charge in [-0.3, -0.25) is 34.8 Å². The van der Waals surface area contributed by atoms with Crippen molar-refractivity contribution in [2.75, 3.05) is 32.1 Å². The van der Waals surface area contributed by atoms with Gasteiger partial charge >= 0.3 is 0 Å². The minimum absolute atomic E-state index is 0.00764. The fourth-order valence-electron chi connectivity index (χ4n) is 5.01. The van der Waals surface area contributed by atoms with Crippen molar-refractivity contribution < 1.29 is 33.8 Å². The molecule has 2 aromatic rings. The average molecular weight is 639 g/mol. The molecule has 4 rings (SSSR count). The zero-order chi connectivity index (χ0) is 32.2. The van der Waals surface area contributed by atoms with Crippen LogP contribution in [0, 0.1) is 5.92 Å². The average Bonchev–Trinajstić information content (AvgIpc) is 3.58. The van der Waals surface area contributed by atoms with Crippen LogP contribution in [0.1, 0.15) is 56.8 Å². The Morgan fingerprint density at radius 3 is 2.42 bits per heavy atom. The SMILES string of the molecule is [N-]=[N+]=Nc1ccc(C(=O)NCCCNC(=O)c2ccccc2C(=O)NNC(=O)CCOCCC2SCC3CC(=O)NC32)c(O)c1.